The molecule has 0 radical (unpaired) electrons. The van der Waals surface area contributed by atoms with Crippen LogP contribution in [0.3, 0.4) is 0 Å². The van der Waals surface area contributed by atoms with Crippen LogP contribution < -0.4 is 15.1 Å². The minimum Gasteiger partial charge on any atom is -0.454 e. The van der Waals surface area contributed by atoms with Gasteiger partial charge in [-0.25, -0.2) is 0 Å². The average molecular weight is 1020 g/mol. The van der Waals surface area contributed by atoms with Crippen molar-refractivity contribution >= 4 is 110 Å². The van der Waals surface area contributed by atoms with Crippen molar-refractivity contribution in [1.29, 1.82) is 0 Å². The SMILES string of the molecule is CC(C)(C)c1ccc(N2c3c(sc4c3ccc3ccccc34)B3c4c(cc5c(oc6ccccc65)c42)-c2cc(C45CC6CC(CC(C6)C4)C5)cc4c5cc(C67CC8CC(CC(C8)C6)C7)ccc5n3c24)c(-c2ccccc2)c1. The van der Waals surface area contributed by atoms with Crippen LogP contribution in [-0.4, -0.2) is 11.3 Å². The Hall–Kier alpha value is -6.56. The first-order valence-electron chi connectivity index (χ1n) is 29.7. The Balaban J connectivity index is 0.978. The molecule has 3 aromatic heterocycles. The number of fused-ring (bicyclic) bond motifs is 15. The number of aromatic nitrogens is 1. The maximum atomic E-state index is 7.48. The van der Waals surface area contributed by atoms with Crippen LogP contribution in [0.4, 0.5) is 17.1 Å². The Kier molecular flexibility index (Phi) is 8.33. The van der Waals surface area contributed by atoms with Crippen molar-refractivity contribution in [2.24, 2.45) is 35.5 Å². The zero-order valence-corrected chi connectivity index (χ0v) is 45.4. The first-order valence-corrected chi connectivity index (χ1v) is 30.5. The first-order chi connectivity index (χ1) is 37.6. The molecule has 2 aliphatic heterocycles. The lowest BCUT2D eigenvalue weighted by Crippen LogP contribution is -2.55. The van der Waals surface area contributed by atoms with Crippen molar-refractivity contribution in [1.82, 2.24) is 4.48 Å². The lowest BCUT2D eigenvalue weighted by atomic mass is 9.47. The van der Waals surface area contributed by atoms with Crippen molar-refractivity contribution < 1.29 is 4.42 Å². The second-order valence-corrected chi connectivity index (χ2v) is 28.7. The van der Waals surface area contributed by atoms with E-state index in [0.29, 0.717) is 5.41 Å². The summed E-state index contributed by atoms with van der Waals surface area (Å²) < 4.78 is 13.1. The standard InChI is InChI=1S/C72H63BN2OS/c1-70(2,3)48-18-21-60(54(29-48)46-11-5-4-6-12-46)74-65-53-20-17-47-13-7-8-14-51(47)68(53)77-69(65)73-63-56(33-59-52-15-9-10-16-62(52)76-67(59)66(63)74)58-32-50(72-37-43-26-44(38-72)28-45(27-43)39-72)31-57-55-30-49(19-22-61(55)75(73)64(57)58)71-34-40-23-41(35-71)25-42(24-40)36-71/h4-22,29-33,40-45H,23-28,34-39H2,1-3H3. The first kappa shape index (κ1) is 43.4. The number of para-hydroxylation sites is 1. The molecule has 0 N–H and O–H groups in total. The maximum Gasteiger partial charge on any atom is 0.343 e. The molecule has 8 aliphatic carbocycles. The van der Waals surface area contributed by atoms with Gasteiger partial charge in [0.05, 0.1) is 17.1 Å². The molecule has 0 amide bonds. The molecule has 5 heterocycles. The lowest BCUT2D eigenvalue weighted by Gasteiger charge is -2.57. The van der Waals surface area contributed by atoms with Crippen molar-refractivity contribution in [3.63, 3.8) is 0 Å². The van der Waals surface area contributed by atoms with Gasteiger partial charge in [-0.05, 0) is 221 Å². The molecule has 10 aliphatic rings. The predicted molar refractivity (Wildman–Crippen MR) is 324 cm³/mol. The Labute approximate surface area is 455 Å². The molecule has 5 heteroatoms. The Morgan fingerprint density at radius 3 is 1.88 bits per heavy atom. The van der Waals surface area contributed by atoms with E-state index in [4.69, 9.17) is 4.42 Å². The zero-order valence-electron chi connectivity index (χ0n) is 44.6. The fourth-order valence-corrected chi connectivity index (χ4v) is 21.2. The number of thiophene rings is 1. The fraction of sp³-hybridized carbons (Fsp3) is 0.333. The Bertz CT molecular complexity index is 4360. The van der Waals surface area contributed by atoms with E-state index in [-0.39, 0.29) is 17.7 Å². The van der Waals surface area contributed by atoms with Crippen LogP contribution in [0.15, 0.2) is 150 Å². The van der Waals surface area contributed by atoms with E-state index < -0.39 is 0 Å². The van der Waals surface area contributed by atoms with Crippen LogP contribution >= 0.6 is 11.3 Å². The summed E-state index contributed by atoms with van der Waals surface area (Å²) in [7, 11) is 0. The molecule has 0 atom stereocenters. The molecule has 0 spiro atoms. The summed E-state index contributed by atoms with van der Waals surface area (Å²) in [6, 6.07) is 57.7. The van der Waals surface area contributed by atoms with Crippen LogP contribution in [-0.2, 0) is 16.2 Å². The van der Waals surface area contributed by atoms with Gasteiger partial charge in [0, 0.05) is 58.6 Å². The fourth-order valence-electron chi connectivity index (χ4n) is 19.8. The Morgan fingerprint density at radius 1 is 0.519 bits per heavy atom. The van der Waals surface area contributed by atoms with E-state index in [1.54, 1.807) is 11.1 Å². The van der Waals surface area contributed by atoms with Crippen LogP contribution in [0.25, 0.3) is 86.9 Å². The highest BCUT2D eigenvalue weighted by Crippen LogP contribution is 2.64. The molecule has 21 rings (SSSR count). The lowest BCUT2D eigenvalue weighted by molar-refractivity contribution is -0.00527. The van der Waals surface area contributed by atoms with Gasteiger partial charge in [0.25, 0.3) is 0 Å². The van der Waals surface area contributed by atoms with Gasteiger partial charge in [0.15, 0.2) is 5.58 Å². The highest BCUT2D eigenvalue weighted by atomic mass is 32.1. The highest BCUT2D eigenvalue weighted by molar-refractivity contribution is 7.32. The quantitative estimate of drug-likeness (QED) is 0.164. The average Bonchev–Trinajstić information content (AvgIpc) is 4.22. The molecular formula is C72H63BN2OS. The smallest absolute Gasteiger partial charge is 0.343 e. The summed E-state index contributed by atoms with van der Waals surface area (Å²) >= 11 is 2.05. The largest absolute Gasteiger partial charge is 0.454 e. The molecule has 8 aromatic carbocycles. The molecule has 8 saturated carbocycles. The summed E-state index contributed by atoms with van der Waals surface area (Å²) in [6.07, 6.45) is 17.0. The third-order valence-electron chi connectivity index (χ3n) is 22.2. The van der Waals surface area contributed by atoms with Gasteiger partial charge < -0.3 is 13.8 Å². The van der Waals surface area contributed by atoms with Crippen molar-refractivity contribution in [2.75, 3.05) is 4.90 Å². The molecule has 8 fully saturated rings. The van der Waals surface area contributed by atoms with Crippen LogP contribution in [0.5, 0.6) is 0 Å². The molecule has 0 saturated heterocycles. The number of rotatable bonds is 4. The molecular weight excluding hydrogens is 952 g/mol. The van der Waals surface area contributed by atoms with E-state index in [1.807, 2.05) is 11.3 Å². The molecule has 376 valence electrons. The maximum absolute atomic E-state index is 7.48. The number of anilines is 3. The van der Waals surface area contributed by atoms with Gasteiger partial charge in [-0.2, -0.15) is 0 Å². The zero-order chi connectivity index (χ0) is 50.4. The van der Waals surface area contributed by atoms with Gasteiger partial charge in [-0.1, -0.05) is 118 Å². The molecule has 3 nitrogen and oxygen atoms in total. The van der Waals surface area contributed by atoms with E-state index >= 15 is 0 Å². The van der Waals surface area contributed by atoms with E-state index in [1.165, 1.54) is 186 Å². The van der Waals surface area contributed by atoms with E-state index in [0.717, 1.165) is 46.7 Å². The highest BCUT2D eigenvalue weighted by Gasteiger charge is 2.55. The normalized spacial score (nSPS) is 27.4. The van der Waals surface area contributed by atoms with E-state index in [9.17, 15) is 0 Å². The molecule has 8 bridgehead atoms. The monoisotopic (exact) mass is 1010 g/mol. The van der Waals surface area contributed by atoms with Gasteiger partial charge in [-0.15, -0.1) is 11.3 Å². The summed E-state index contributed by atoms with van der Waals surface area (Å²) in [5.41, 5.74) is 20.3. The third kappa shape index (κ3) is 5.75. The number of hydrogen-bond acceptors (Lipinski definition) is 3. The summed E-state index contributed by atoms with van der Waals surface area (Å²) in [6.45, 7) is 6.99. The topological polar surface area (TPSA) is 21.3 Å². The van der Waals surface area contributed by atoms with Gasteiger partial charge in [0.1, 0.15) is 5.58 Å². The second kappa shape index (κ2) is 14.8. The second-order valence-electron chi connectivity index (χ2n) is 27.6. The van der Waals surface area contributed by atoms with Crippen molar-refractivity contribution in [3.8, 4) is 22.3 Å². The summed E-state index contributed by atoms with van der Waals surface area (Å²) in [5, 5.41) is 9.32. The van der Waals surface area contributed by atoms with Crippen LogP contribution in [0.2, 0.25) is 0 Å². The van der Waals surface area contributed by atoms with Crippen LogP contribution in [0, 0.1) is 35.5 Å². The summed E-state index contributed by atoms with van der Waals surface area (Å²) in [5.74, 6) is 5.29. The van der Waals surface area contributed by atoms with Gasteiger partial charge in [0.2, 0.25) is 0 Å². The minimum atomic E-state index is -0.0719. The Morgan fingerprint density at radius 2 is 1.17 bits per heavy atom. The number of nitrogens with zero attached hydrogens (tertiary/aromatic N) is 2. The number of furan rings is 1. The minimum absolute atomic E-state index is 0.0410. The van der Waals surface area contributed by atoms with Crippen molar-refractivity contribution in [2.45, 2.75) is 114 Å². The number of benzene rings is 8. The summed E-state index contributed by atoms with van der Waals surface area (Å²) in [4.78, 5) is 2.72. The third-order valence-corrected chi connectivity index (χ3v) is 23.4. The van der Waals surface area contributed by atoms with E-state index in [2.05, 4.69) is 176 Å². The molecule has 11 aromatic rings. The van der Waals surface area contributed by atoms with Crippen LogP contribution in [0.1, 0.15) is 115 Å². The van der Waals surface area contributed by atoms with Gasteiger partial charge >= 0.3 is 6.85 Å². The predicted octanol–water partition coefficient (Wildman–Crippen LogP) is 18.4. The molecule has 0 unspecified atom stereocenters. The van der Waals surface area contributed by atoms with Crippen molar-refractivity contribution in [3.05, 3.63) is 162 Å². The van der Waals surface area contributed by atoms with Gasteiger partial charge in [-0.3, -0.25) is 0 Å². The number of hydrogen-bond donors (Lipinski definition) is 0. The molecule has 77 heavy (non-hydrogen) atoms.